The van der Waals surface area contributed by atoms with Crippen LogP contribution in [0.15, 0.2) is 24.3 Å². The SMILES string of the molecule is CCc1ccc(C2CN(C(=O)OC(C)(C)C)CCS2)cc1. The van der Waals surface area contributed by atoms with E-state index in [-0.39, 0.29) is 6.09 Å². The van der Waals surface area contributed by atoms with Gasteiger partial charge in [0.25, 0.3) is 0 Å². The molecular weight excluding hydrogens is 282 g/mol. The number of aryl methyl sites for hydroxylation is 1. The number of rotatable bonds is 2. The number of carbonyl (C=O) groups excluding carboxylic acids is 1. The molecule has 0 spiro atoms. The summed E-state index contributed by atoms with van der Waals surface area (Å²) < 4.78 is 5.48. The van der Waals surface area contributed by atoms with Gasteiger partial charge >= 0.3 is 6.09 Å². The molecule has 4 heteroatoms. The summed E-state index contributed by atoms with van der Waals surface area (Å²) in [7, 11) is 0. The van der Waals surface area contributed by atoms with Crippen molar-refractivity contribution in [1.82, 2.24) is 4.90 Å². The Morgan fingerprint density at radius 1 is 1.33 bits per heavy atom. The van der Waals surface area contributed by atoms with E-state index in [0.717, 1.165) is 25.3 Å². The summed E-state index contributed by atoms with van der Waals surface area (Å²) in [6.07, 6.45) is 0.861. The van der Waals surface area contributed by atoms with E-state index in [4.69, 9.17) is 4.74 Å². The van der Waals surface area contributed by atoms with Crippen molar-refractivity contribution < 1.29 is 9.53 Å². The smallest absolute Gasteiger partial charge is 0.410 e. The van der Waals surface area contributed by atoms with Crippen molar-refractivity contribution in [2.24, 2.45) is 0 Å². The van der Waals surface area contributed by atoms with Gasteiger partial charge in [0, 0.05) is 24.1 Å². The maximum Gasteiger partial charge on any atom is 0.410 e. The van der Waals surface area contributed by atoms with Crippen LogP contribution in [0.5, 0.6) is 0 Å². The van der Waals surface area contributed by atoms with E-state index < -0.39 is 5.60 Å². The molecule has 0 radical (unpaired) electrons. The summed E-state index contributed by atoms with van der Waals surface area (Å²) >= 11 is 1.92. The zero-order chi connectivity index (χ0) is 15.5. The number of nitrogens with zero attached hydrogens (tertiary/aromatic N) is 1. The zero-order valence-corrected chi connectivity index (χ0v) is 14.2. The minimum absolute atomic E-state index is 0.196. The highest BCUT2D eigenvalue weighted by molar-refractivity contribution is 7.99. The van der Waals surface area contributed by atoms with Gasteiger partial charge in [-0.25, -0.2) is 4.79 Å². The van der Waals surface area contributed by atoms with Crippen LogP contribution < -0.4 is 0 Å². The van der Waals surface area contributed by atoms with Crippen LogP contribution in [0.2, 0.25) is 0 Å². The molecule has 1 atom stereocenters. The van der Waals surface area contributed by atoms with Gasteiger partial charge < -0.3 is 9.64 Å². The van der Waals surface area contributed by atoms with Gasteiger partial charge in [-0.05, 0) is 38.3 Å². The number of carbonyl (C=O) groups is 1. The molecule has 0 bridgehead atoms. The minimum Gasteiger partial charge on any atom is -0.444 e. The Balaban J connectivity index is 2.01. The largest absolute Gasteiger partial charge is 0.444 e. The molecule has 0 aliphatic carbocycles. The van der Waals surface area contributed by atoms with Gasteiger partial charge in [-0.1, -0.05) is 31.2 Å². The van der Waals surface area contributed by atoms with Gasteiger partial charge in [0.2, 0.25) is 0 Å². The van der Waals surface area contributed by atoms with Gasteiger partial charge in [0.15, 0.2) is 0 Å². The first-order chi connectivity index (χ1) is 9.89. The lowest BCUT2D eigenvalue weighted by Crippen LogP contribution is -2.42. The highest BCUT2D eigenvalue weighted by Gasteiger charge is 2.28. The van der Waals surface area contributed by atoms with Crippen LogP contribution in [0, 0.1) is 0 Å². The van der Waals surface area contributed by atoms with Gasteiger partial charge in [-0.15, -0.1) is 0 Å². The summed E-state index contributed by atoms with van der Waals surface area (Å²) in [6, 6.07) is 8.74. The molecule has 0 aromatic heterocycles. The second-order valence-corrected chi connectivity index (χ2v) is 7.69. The van der Waals surface area contributed by atoms with E-state index in [2.05, 4.69) is 31.2 Å². The van der Waals surface area contributed by atoms with E-state index in [0.29, 0.717) is 5.25 Å². The summed E-state index contributed by atoms with van der Waals surface area (Å²) in [5, 5.41) is 0.345. The molecule has 1 amide bonds. The molecule has 1 aliphatic heterocycles. The lowest BCUT2D eigenvalue weighted by atomic mass is 10.1. The van der Waals surface area contributed by atoms with Crippen molar-refractivity contribution >= 4 is 17.9 Å². The first-order valence-corrected chi connectivity index (χ1v) is 8.62. The maximum absolute atomic E-state index is 12.2. The molecule has 1 unspecified atom stereocenters. The molecule has 2 rings (SSSR count). The number of amides is 1. The topological polar surface area (TPSA) is 29.5 Å². The monoisotopic (exact) mass is 307 g/mol. The molecule has 0 saturated carbocycles. The Hall–Kier alpha value is -1.16. The predicted molar refractivity (Wildman–Crippen MR) is 88.8 cm³/mol. The van der Waals surface area contributed by atoms with Crippen LogP contribution in [-0.2, 0) is 11.2 Å². The minimum atomic E-state index is -0.431. The van der Waals surface area contributed by atoms with E-state index in [1.54, 1.807) is 0 Å². The summed E-state index contributed by atoms with van der Waals surface area (Å²) in [5.74, 6) is 0.958. The molecule has 1 heterocycles. The second kappa shape index (κ2) is 6.73. The third-order valence-electron chi connectivity index (χ3n) is 3.48. The average molecular weight is 307 g/mol. The molecule has 1 aromatic carbocycles. The molecule has 0 N–H and O–H groups in total. The first-order valence-electron chi connectivity index (χ1n) is 7.57. The third-order valence-corrected chi connectivity index (χ3v) is 4.72. The van der Waals surface area contributed by atoms with E-state index in [1.807, 2.05) is 37.4 Å². The molecule has 116 valence electrons. The normalized spacial score (nSPS) is 19.4. The second-order valence-electron chi connectivity index (χ2n) is 6.38. The number of ether oxygens (including phenoxy) is 1. The van der Waals surface area contributed by atoms with Crippen LogP contribution in [0.3, 0.4) is 0 Å². The summed E-state index contributed by atoms with van der Waals surface area (Å²) in [5.41, 5.74) is 2.22. The standard InChI is InChI=1S/C17H25NO2S/c1-5-13-6-8-14(9-7-13)15-12-18(10-11-21-15)16(19)20-17(2,3)4/h6-9,15H,5,10-12H2,1-4H3. The fraction of sp³-hybridized carbons (Fsp3) is 0.588. The molecular formula is C17H25NO2S. The Labute approximate surface area is 132 Å². The van der Waals surface area contributed by atoms with E-state index in [9.17, 15) is 4.79 Å². The predicted octanol–water partition coefficient (Wildman–Crippen LogP) is 4.27. The van der Waals surface area contributed by atoms with Crippen molar-refractivity contribution in [2.75, 3.05) is 18.8 Å². The Kier molecular flexibility index (Phi) is 5.20. The summed E-state index contributed by atoms with van der Waals surface area (Å²) in [6.45, 7) is 9.38. The van der Waals surface area contributed by atoms with Crippen LogP contribution in [0.4, 0.5) is 4.79 Å². The first kappa shape index (κ1) is 16.2. The quantitative estimate of drug-likeness (QED) is 0.817. The highest BCUT2D eigenvalue weighted by Crippen LogP contribution is 2.33. The van der Waals surface area contributed by atoms with Crippen molar-refractivity contribution in [1.29, 1.82) is 0 Å². The third kappa shape index (κ3) is 4.67. The van der Waals surface area contributed by atoms with Gasteiger partial charge in [-0.2, -0.15) is 11.8 Å². The number of hydrogen-bond acceptors (Lipinski definition) is 3. The van der Waals surface area contributed by atoms with Crippen molar-refractivity contribution in [3.8, 4) is 0 Å². The fourth-order valence-electron chi connectivity index (χ4n) is 2.31. The van der Waals surface area contributed by atoms with Gasteiger partial charge in [0.05, 0.1) is 0 Å². The van der Waals surface area contributed by atoms with Crippen LogP contribution >= 0.6 is 11.8 Å². The zero-order valence-electron chi connectivity index (χ0n) is 13.4. The van der Waals surface area contributed by atoms with Crippen LogP contribution in [0.25, 0.3) is 0 Å². The number of thioether (sulfide) groups is 1. The van der Waals surface area contributed by atoms with Crippen LogP contribution in [-0.4, -0.2) is 35.4 Å². The summed E-state index contributed by atoms with van der Waals surface area (Å²) in [4.78, 5) is 14.0. The van der Waals surface area contributed by atoms with E-state index in [1.165, 1.54) is 11.1 Å². The average Bonchev–Trinajstić information content (AvgIpc) is 2.46. The van der Waals surface area contributed by atoms with Crippen molar-refractivity contribution in [3.63, 3.8) is 0 Å². The Bertz CT molecular complexity index is 479. The molecule has 1 aliphatic rings. The molecule has 21 heavy (non-hydrogen) atoms. The Morgan fingerprint density at radius 2 is 2.00 bits per heavy atom. The van der Waals surface area contributed by atoms with E-state index >= 15 is 0 Å². The molecule has 1 fully saturated rings. The maximum atomic E-state index is 12.2. The number of hydrogen-bond donors (Lipinski definition) is 0. The lowest BCUT2D eigenvalue weighted by molar-refractivity contribution is 0.0257. The van der Waals surface area contributed by atoms with Crippen molar-refractivity contribution in [3.05, 3.63) is 35.4 Å². The lowest BCUT2D eigenvalue weighted by Gasteiger charge is -2.34. The van der Waals surface area contributed by atoms with Gasteiger partial charge in [-0.3, -0.25) is 0 Å². The van der Waals surface area contributed by atoms with Crippen molar-refractivity contribution in [2.45, 2.75) is 45.0 Å². The molecule has 1 aromatic rings. The number of benzene rings is 1. The highest BCUT2D eigenvalue weighted by atomic mass is 32.2. The van der Waals surface area contributed by atoms with Crippen LogP contribution in [0.1, 0.15) is 44.1 Å². The Morgan fingerprint density at radius 3 is 2.57 bits per heavy atom. The molecule has 1 saturated heterocycles. The molecule has 3 nitrogen and oxygen atoms in total. The van der Waals surface area contributed by atoms with Gasteiger partial charge in [0.1, 0.15) is 5.60 Å². The fourth-order valence-corrected chi connectivity index (χ4v) is 3.56.